The largest absolute Gasteiger partial charge is 0.395 e. The summed E-state index contributed by atoms with van der Waals surface area (Å²) in [5.41, 5.74) is 1.31. The second-order valence-electron chi connectivity index (χ2n) is 4.88. The fourth-order valence-corrected chi connectivity index (χ4v) is 2.44. The van der Waals surface area contributed by atoms with Crippen LogP contribution in [-0.4, -0.2) is 30.1 Å². The maximum Gasteiger partial charge on any atom is 0.267 e. The Morgan fingerprint density at radius 3 is 2.38 bits per heavy atom. The van der Waals surface area contributed by atoms with Gasteiger partial charge < -0.3 is 15.7 Å². The topological polar surface area (TPSA) is 78.4 Å². The summed E-state index contributed by atoms with van der Waals surface area (Å²) >= 11 is 3.32. The summed E-state index contributed by atoms with van der Waals surface area (Å²) in [5.74, 6) is -0.864. The second kappa shape index (κ2) is 9.00. The molecule has 24 heavy (non-hydrogen) atoms. The average Bonchev–Trinajstić information content (AvgIpc) is 2.60. The molecule has 0 radical (unpaired) electrons. The lowest BCUT2D eigenvalue weighted by Crippen LogP contribution is -2.36. The summed E-state index contributed by atoms with van der Waals surface area (Å²) in [7, 11) is 0. The molecule has 2 amide bonds. The Morgan fingerprint density at radius 1 is 1.04 bits per heavy atom. The third-order valence-electron chi connectivity index (χ3n) is 3.12. The first-order chi connectivity index (χ1) is 11.6. The zero-order valence-corrected chi connectivity index (χ0v) is 14.4. The molecule has 0 heterocycles. The molecule has 0 aliphatic heterocycles. The number of aliphatic hydroxyl groups is 1. The summed E-state index contributed by atoms with van der Waals surface area (Å²) in [6, 6.07) is 16.1. The molecule has 2 rings (SSSR count). The van der Waals surface area contributed by atoms with Gasteiger partial charge in [0, 0.05) is 11.0 Å². The van der Waals surface area contributed by atoms with Crippen molar-refractivity contribution in [3.63, 3.8) is 0 Å². The van der Waals surface area contributed by atoms with Gasteiger partial charge in [-0.3, -0.25) is 9.59 Å². The maximum absolute atomic E-state index is 12.4. The first kappa shape index (κ1) is 17.9. The SMILES string of the molecule is O=C(NCCO)/C(=C/c1ccccc1)NC(=O)c1ccccc1Br. The van der Waals surface area contributed by atoms with Crippen LogP contribution in [0.3, 0.4) is 0 Å². The fraction of sp³-hybridized carbons (Fsp3) is 0.111. The lowest BCUT2D eigenvalue weighted by molar-refractivity contribution is -0.117. The molecule has 0 saturated heterocycles. The summed E-state index contributed by atoms with van der Waals surface area (Å²) in [4.78, 5) is 24.7. The van der Waals surface area contributed by atoms with Crippen molar-refractivity contribution < 1.29 is 14.7 Å². The summed E-state index contributed by atoms with van der Waals surface area (Å²) in [6.45, 7) is -0.0710. The van der Waals surface area contributed by atoms with Gasteiger partial charge in [0.05, 0.1) is 12.2 Å². The molecular formula is C18H17BrN2O3. The number of carbonyl (C=O) groups is 2. The molecule has 2 aromatic rings. The Bertz CT molecular complexity index is 745. The number of amides is 2. The van der Waals surface area contributed by atoms with E-state index in [2.05, 4.69) is 26.6 Å². The number of hydrogen-bond acceptors (Lipinski definition) is 3. The van der Waals surface area contributed by atoms with Crippen LogP contribution in [0.15, 0.2) is 64.8 Å². The Labute approximate surface area is 148 Å². The third-order valence-corrected chi connectivity index (χ3v) is 3.81. The van der Waals surface area contributed by atoms with E-state index in [1.165, 1.54) is 0 Å². The Balaban J connectivity index is 2.26. The Morgan fingerprint density at radius 2 is 1.71 bits per heavy atom. The van der Waals surface area contributed by atoms with Gasteiger partial charge in [0.2, 0.25) is 0 Å². The zero-order valence-electron chi connectivity index (χ0n) is 12.8. The minimum atomic E-state index is -0.465. The minimum absolute atomic E-state index is 0.107. The van der Waals surface area contributed by atoms with Crippen LogP contribution >= 0.6 is 15.9 Å². The molecule has 0 bridgehead atoms. The molecule has 2 aromatic carbocycles. The number of aliphatic hydroxyl groups excluding tert-OH is 1. The summed E-state index contributed by atoms with van der Waals surface area (Å²) in [6.07, 6.45) is 1.58. The van der Waals surface area contributed by atoms with Gasteiger partial charge in [0.25, 0.3) is 11.8 Å². The Kier molecular flexibility index (Phi) is 6.72. The van der Waals surface area contributed by atoms with Crippen molar-refractivity contribution in [2.75, 3.05) is 13.2 Å². The van der Waals surface area contributed by atoms with Gasteiger partial charge in [-0.05, 0) is 39.7 Å². The van der Waals surface area contributed by atoms with E-state index in [1.807, 2.05) is 30.3 Å². The van der Waals surface area contributed by atoms with E-state index < -0.39 is 11.8 Å². The average molecular weight is 389 g/mol. The van der Waals surface area contributed by atoms with Crippen LogP contribution in [0.25, 0.3) is 6.08 Å². The molecule has 0 unspecified atom stereocenters. The summed E-state index contributed by atoms with van der Waals surface area (Å²) in [5, 5.41) is 14.0. The number of halogens is 1. The first-order valence-corrected chi connectivity index (χ1v) is 8.13. The number of carbonyl (C=O) groups excluding carboxylic acids is 2. The molecule has 0 spiro atoms. The third kappa shape index (κ3) is 5.04. The van der Waals surface area contributed by atoms with Crippen molar-refractivity contribution in [2.45, 2.75) is 0 Å². The van der Waals surface area contributed by atoms with Crippen molar-refractivity contribution in [1.29, 1.82) is 0 Å². The number of hydrogen-bond donors (Lipinski definition) is 3. The molecule has 124 valence electrons. The van der Waals surface area contributed by atoms with Crippen LogP contribution in [0.5, 0.6) is 0 Å². The van der Waals surface area contributed by atoms with Gasteiger partial charge in [-0.2, -0.15) is 0 Å². The van der Waals surface area contributed by atoms with Gasteiger partial charge in [0.15, 0.2) is 0 Å². The zero-order chi connectivity index (χ0) is 17.4. The van der Waals surface area contributed by atoms with E-state index in [-0.39, 0.29) is 18.8 Å². The predicted molar refractivity (Wildman–Crippen MR) is 96.1 cm³/mol. The lowest BCUT2D eigenvalue weighted by atomic mass is 10.1. The number of benzene rings is 2. The molecule has 0 aliphatic carbocycles. The standard InChI is InChI=1S/C18H17BrN2O3/c19-15-9-5-4-8-14(15)17(23)21-16(18(24)20-10-11-22)12-13-6-2-1-3-7-13/h1-9,12,22H,10-11H2,(H,20,24)(H,21,23)/b16-12-. The first-order valence-electron chi connectivity index (χ1n) is 7.33. The van der Waals surface area contributed by atoms with E-state index in [0.29, 0.717) is 10.0 Å². The highest BCUT2D eigenvalue weighted by molar-refractivity contribution is 9.10. The molecule has 5 nitrogen and oxygen atoms in total. The maximum atomic E-state index is 12.4. The van der Waals surface area contributed by atoms with Crippen LogP contribution in [0.1, 0.15) is 15.9 Å². The molecule has 3 N–H and O–H groups in total. The Hall–Kier alpha value is -2.44. The van der Waals surface area contributed by atoms with E-state index in [0.717, 1.165) is 5.56 Å². The molecule has 0 saturated carbocycles. The minimum Gasteiger partial charge on any atom is -0.395 e. The normalized spacial score (nSPS) is 11.0. The highest BCUT2D eigenvalue weighted by Crippen LogP contribution is 2.16. The fourth-order valence-electron chi connectivity index (χ4n) is 1.97. The summed E-state index contributed by atoms with van der Waals surface area (Å²) < 4.78 is 0.636. The smallest absolute Gasteiger partial charge is 0.267 e. The molecule has 0 aliphatic rings. The van der Waals surface area contributed by atoms with Gasteiger partial charge >= 0.3 is 0 Å². The van der Waals surface area contributed by atoms with Gasteiger partial charge in [0.1, 0.15) is 5.70 Å². The van der Waals surface area contributed by atoms with Gasteiger partial charge in [-0.15, -0.1) is 0 Å². The van der Waals surface area contributed by atoms with Crippen LogP contribution in [0, 0.1) is 0 Å². The van der Waals surface area contributed by atoms with Crippen LogP contribution < -0.4 is 10.6 Å². The second-order valence-corrected chi connectivity index (χ2v) is 5.74. The molecule has 0 atom stereocenters. The van der Waals surface area contributed by atoms with E-state index in [4.69, 9.17) is 5.11 Å². The van der Waals surface area contributed by atoms with Gasteiger partial charge in [-0.25, -0.2) is 0 Å². The van der Waals surface area contributed by atoms with Crippen LogP contribution in [0.2, 0.25) is 0 Å². The van der Waals surface area contributed by atoms with Crippen molar-refractivity contribution >= 4 is 33.8 Å². The predicted octanol–water partition coefficient (Wildman–Crippen LogP) is 2.33. The molecule has 6 heteroatoms. The molecule has 0 fully saturated rings. The van der Waals surface area contributed by atoms with Gasteiger partial charge in [-0.1, -0.05) is 42.5 Å². The lowest BCUT2D eigenvalue weighted by Gasteiger charge is -2.11. The number of nitrogens with one attached hydrogen (secondary N) is 2. The van der Waals surface area contributed by atoms with Crippen molar-refractivity contribution in [3.05, 3.63) is 75.9 Å². The van der Waals surface area contributed by atoms with Crippen molar-refractivity contribution in [1.82, 2.24) is 10.6 Å². The monoisotopic (exact) mass is 388 g/mol. The quantitative estimate of drug-likeness (QED) is 0.664. The van der Waals surface area contributed by atoms with E-state index in [1.54, 1.807) is 30.3 Å². The van der Waals surface area contributed by atoms with E-state index >= 15 is 0 Å². The highest BCUT2D eigenvalue weighted by atomic mass is 79.9. The van der Waals surface area contributed by atoms with Crippen LogP contribution in [-0.2, 0) is 4.79 Å². The van der Waals surface area contributed by atoms with Crippen LogP contribution in [0.4, 0.5) is 0 Å². The van der Waals surface area contributed by atoms with Crippen molar-refractivity contribution in [2.24, 2.45) is 0 Å². The molecule has 0 aromatic heterocycles. The van der Waals surface area contributed by atoms with E-state index in [9.17, 15) is 9.59 Å². The van der Waals surface area contributed by atoms with Crippen molar-refractivity contribution in [3.8, 4) is 0 Å². The highest BCUT2D eigenvalue weighted by Gasteiger charge is 2.15. The number of rotatable bonds is 6. The molecular weight excluding hydrogens is 372 g/mol.